The van der Waals surface area contributed by atoms with E-state index in [1.54, 1.807) is 0 Å². The number of benzene rings is 1. The monoisotopic (exact) mass is 511 g/mol. The molecular weight excluding hydrogens is 458 g/mol. The summed E-state index contributed by atoms with van der Waals surface area (Å²) in [6.45, 7) is 3.41. The van der Waals surface area contributed by atoms with Crippen LogP contribution in [-0.2, 0) is 13.0 Å². The number of unbranched alkanes of at least 4 members (excludes halogenated alkanes) is 16. The van der Waals surface area contributed by atoms with E-state index in [0.29, 0.717) is 0 Å². The predicted molar refractivity (Wildman–Crippen MR) is 155 cm³/mol. The Balaban J connectivity index is 0.00000648. The Morgan fingerprint density at radius 2 is 1.11 bits per heavy atom. The summed E-state index contributed by atoms with van der Waals surface area (Å²) in [6, 6.07) is 15.3. The summed E-state index contributed by atoms with van der Waals surface area (Å²) in [5.74, 6) is 0. The third kappa shape index (κ3) is 17.8. The third-order valence-electron chi connectivity index (χ3n) is 7.18. The maximum Gasteiger partial charge on any atom is 0.169 e. The lowest BCUT2D eigenvalue weighted by atomic mass is 10.0. The van der Waals surface area contributed by atoms with E-state index in [2.05, 4.69) is 78.5 Å². The number of nitrogens with zero attached hydrogens (tertiary/aromatic N) is 1. The molecule has 0 saturated carbocycles. The molecule has 0 fully saturated rings. The number of rotatable bonds is 22. The predicted octanol–water partition coefficient (Wildman–Crippen LogP) is 7.28. The van der Waals surface area contributed by atoms with Gasteiger partial charge in [0.1, 0.15) is 6.54 Å². The largest absolute Gasteiger partial charge is 1.00 e. The summed E-state index contributed by atoms with van der Waals surface area (Å²) < 4.78 is 2.32. The Labute approximate surface area is 230 Å². The minimum absolute atomic E-state index is 0. The van der Waals surface area contributed by atoms with Crippen molar-refractivity contribution in [3.63, 3.8) is 0 Å². The van der Waals surface area contributed by atoms with Crippen LogP contribution in [0.5, 0.6) is 0 Å². The highest BCUT2D eigenvalue weighted by atomic mass is 35.5. The average Bonchev–Trinajstić information content (AvgIpc) is 2.90. The second-order valence-electron chi connectivity index (χ2n) is 10.5. The van der Waals surface area contributed by atoms with E-state index in [9.17, 15) is 0 Å². The van der Waals surface area contributed by atoms with Crippen molar-refractivity contribution < 1.29 is 17.0 Å². The summed E-state index contributed by atoms with van der Waals surface area (Å²) in [4.78, 5) is 0. The van der Waals surface area contributed by atoms with Crippen LogP contribution in [0.1, 0.15) is 134 Å². The standard InChI is InChI=1S/C34H54N.ClH/c1-2-3-4-5-6-7-8-9-10-11-12-13-14-15-16-17-19-26-34-28-31-35(32-29-34)30-23-22-27-33-24-20-18-21-25-33;/h18-21,24-26,28-29,31-32H,2-17,22-23,27,30H2,1H3;1H/q+1;/p-1. The van der Waals surface area contributed by atoms with E-state index in [0.717, 1.165) is 6.54 Å². The summed E-state index contributed by atoms with van der Waals surface area (Å²) in [7, 11) is 0. The van der Waals surface area contributed by atoms with Crippen LogP contribution in [-0.4, -0.2) is 0 Å². The molecule has 2 rings (SSSR count). The second-order valence-corrected chi connectivity index (χ2v) is 10.5. The van der Waals surface area contributed by atoms with Gasteiger partial charge in [0.15, 0.2) is 12.4 Å². The molecule has 2 heteroatoms. The molecule has 1 nitrogen and oxygen atoms in total. The van der Waals surface area contributed by atoms with Crippen LogP contribution in [0.3, 0.4) is 0 Å². The quantitative estimate of drug-likeness (QED) is 0.115. The topological polar surface area (TPSA) is 3.88 Å². The van der Waals surface area contributed by atoms with Crippen LogP contribution < -0.4 is 17.0 Å². The number of aromatic nitrogens is 1. The molecule has 0 aliphatic rings. The van der Waals surface area contributed by atoms with Gasteiger partial charge in [-0.05, 0) is 36.8 Å². The minimum Gasteiger partial charge on any atom is -1.00 e. The molecule has 0 N–H and O–H groups in total. The molecule has 202 valence electrons. The highest BCUT2D eigenvalue weighted by molar-refractivity contribution is 5.47. The molecule has 1 aromatic heterocycles. The Bertz CT molecular complexity index is 738. The average molecular weight is 512 g/mol. The van der Waals surface area contributed by atoms with E-state index in [1.807, 2.05) is 0 Å². The van der Waals surface area contributed by atoms with Gasteiger partial charge < -0.3 is 12.4 Å². The van der Waals surface area contributed by atoms with Crippen molar-refractivity contribution in [2.24, 2.45) is 0 Å². The lowest BCUT2D eigenvalue weighted by Gasteiger charge is -2.03. The maximum absolute atomic E-state index is 2.36. The minimum atomic E-state index is 0. The van der Waals surface area contributed by atoms with E-state index >= 15 is 0 Å². The molecule has 0 saturated heterocycles. The van der Waals surface area contributed by atoms with Crippen molar-refractivity contribution in [1.82, 2.24) is 0 Å². The molecule has 1 heterocycles. The summed E-state index contributed by atoms with van der Waals surface area (Å²) in [5.41, 5.74) is 2.78. The van der Waals surface area contributed by atoms with E-state index in [1.165, 1.54) is 133 Å². The summed E-state index contributed by atoms with van der Waals surface area (Å²) in [6.07, 6.45) is 35.5. The van der Waals surface area contributed by atoms with Crippen LogP contribution in [0.2, 0.25) is 0 Å². The van der Waals surface area contributed by atoms with Crippen LogP contribution in [0.25, 0.3) is 6.08 Å². The molecule has 0 unspecified atom stereocenters. The Hall–Kier alpha value is -1.60. The van der Waals surface area contributed by atoms with Gasteiger partial charge in [0.25, 0.3) is 0 Å². The van der Waals surface area contributed by atoms with Crippen LogP contribution in [0, 0.1) is 0 Å². The van der Waals surface area contributed by atoms with Gasteiger partial charge in [-0.15, -0.1) is 0 Å². The Morgan fingerprint density at radius 1 is 0.583 bits per heavy atom. The lowest BCUT2D eigenvalue weighted by molar-refractivity contribution is -0.697. The number of halogens is 1. The number of hydrogen-bond acceptors (Lipinski definition) is 0. The van der Waals surface area contributed by atoms with Crippen molar-refractivity contribution in [3.8, 4) is 0 Å². The molecule has 0 aliphatic heterocycles. The van der Waals surface area contributed by atoms with Gasteiger partial charge in [-0.1, -0.05) is 139 Å². The molecule has 0 radical (unpaired) electrons. The maximum atomic E-state index is 2.36. The van der Waals surface area contributed by atoms with Gasteiger partial charge in [0.2, 0.25) is 0 Å². The van der Waals surface area contributed by atoms with Gasteiger partial charge in [0, 0.05) is 18.6 Å². The highest BCUT2D eigenvalue weighted by Gasteiger charge is 2.00. The van der Waals surface area contributed by atoms with Crippen molar-refractivity contribution in [1.29, 1.82) is 0 Å². The molecular formula is C34H54ClN. The van der Waals surface area contributed by atoms with E-state index in [-0.39, 0.29) is 12.4 Å². The van der Waals surface area contributed by atoms with Gasteiger partial charge in [-0.25, -0.2) is 4.57 Å². The highest BCUT2D eigenvalue weighted by Crippen LogP contribution is 2.14. The van der Waals surface area contributed by atoms with Crippen LogP contribution >= 0.6 is 0 Å². The first-order chi connectivity index (χ1) is 17.4. The van der Waals surface area contributed by atoms with Gasteiger partial charge >= 0.3 is 0 Å². The first kappa shape index (κ1) is 32.4. The smallest absolute Gasteiger partial charge is 0.169 e. The summed E-state index contributed by atoms with van der Waals surface area (Å²) >= 11 is 0. The zero-order chi connectivity index (χ0) is 24.7. The molecule has 0 aliphatic carbocycles. The van der Waals surface area contributed by atoms with Gasteiger partial charge in [-0.2, -0.15) is 0 Å². The molecule has 0 atom stereocenters. The zero-order valence-electron chi connectivity index (χ0n) is 23.3. The SMILES string of the molecule is CCCCCCCCCCCCCCCCCC=Cc1cc[n+](CCCCc2ccccc2)cc1.[Cl-]. The molecule has 0 spiro atoms. The third-order valence-corrected chi connectivity index (χ3v) is 7.18. The molecule has 2 aromatic rings. The Morgan fingerprint density at radius 3 is 1.67 bits per heavy atom. The second kappa shape index (κ2) is 23.8. The fraction of sp³-hybridized carbons (Fsp3) is 0.618. The van der Waals surface area contributed by atoms with Crippen molar-refractivity contribution in [2.75, 3.05) is 0 Å². The molecule has 0 bridgehead atoms. The van der Waals surface area contributed by atoms with Crippen LogP contribution in [0.15, 0.2) is 60.9 Å². The van der Waals surface area contributed by atoms with Crippen molar-refractivity contribution >= 4 is 6.08 Å². The van der Waals surface area contributed by atoms with Gasteiger partial charge in [0.05, 0.1) is 0 Å². The molecule has 0 amide bonds. The number of allylic oxidation sites excluding steroid dienone is 1. The fourth-order valence-electron chi connectivity index (χ4n) is 4.85. The zero-order valence-corrected chi connectivity index (χ0v) is 24.1. The normalized spacial score (nSPS) is 11.1. The number of pyridine rings is 1. The van der Waals surface area contributed by atoms with Crippen molar-refractivity contribution in [2.45, 2.75) is 135 Å². The van der Waals surface area contributed by atoms with Gasteiger partial charge in [-0.3, -0.25) is 0 Å². The van der Waals surface area contributed by atoms with Crippen LogP contribution in [0.4, 0.5) is 0 Å². The molecule has 1 aromatic carbocycles. The first-order valence-corrected chi connectivity index (χ1v) is 15.1. The Kier molecular flexibility index (Phi) is 21.4. The fourth-order valence-corrected chi connectivity index (χ4v) is 4.85. The lowest BCUT2D eigenvalue weighted by Crippen LogP contribution is -3.00. The van der Waals surface area contributed by atoms with E-state index in [4.69, 9.17) is 0 Å². The van der Waals surface area contributed by atoms with E-state index < -0.39 is 0 Å². The first-order valence-electron chi connectivity index (χ1n) is 15.1. The summed E-state index contributed by atoms with van der Waals surface area (Å²) in [5, 5.41) is 0. The molecule has 36 heavy (non-hydrogen) atoms. The number of aryl methyl sites for hydroxylation is 2. The number of hydrogen-bond donors (Lipinski definition) is 0. The van der Waals surface area contributed by atoms with Crippen molar-refractivity contribution in [3.05, 3.63) is 72.1 Å².